The number of pyridine rings is 1. The van der Waals surface area contributed by atoms with Crippen molar-refractivity contribution in [3.63, 3.8) is 0 Å². The van der Waals surface area contributed by atoms with Crippen molar-refractivity contribution in [2.45, 2.75) is 27.3 Å². The van der Waals surface area contributed by atoms with Gasteiger partial charge in [-0.25, -0.2) is 9.36 Å². The smallest absolute Gasteiger partial charge is 0.266 e. The lowest BCUT2D eigenvalue weighted by molar-refractivity contribution is 0.680. The van der Waals surface area contributed by atoms with E-state index < -0.39 is 5.56 Å². The second-order valence-corrected chi connectivity index (χ2v) is 7.19. The summed E-state index contributed by atoms with van der Waals surface area (Å²) in [6.45, 7) is 5.78. The lowest BCUT2D eigenvalue weighted by Crippen LogP contribution is -2.22. The van der Waals surface area contributed by atoms with Crippen LogP contribution in [0.2, 0.25) is 10.2 Å². The maximum atomic E-state index is 12.5. The van der Waals surface area contributed by atoms with Crippen molar-refractivity contribution >= 4 is 29.4 Å². The van der Waals surface area contributed by atoms with E-state index in [0.29, 0.717) is 39.2 Å². The Balaban J connectivity index is 1.96. The van der Waals surface area contributed by atoms with Gasteiger partial charge < -0.3 is 0 Å². The molecule has 0 radical (unpaired) electrons. The van der Waals surface area contributed by atoms with E-state index in [0.717, 1.165) is 5.56 Å². The highest BCUT2D eigenvalue weighted by Crippen LogP contribution is 2.20. The van der Waals surface area contributed by atoms with E-state index in [-0.39, 0.29) is 5.56 Å². The van der Waals surface area contributed by atoms with E-state index in [9.17, 15) is 10.1 Å². The SMILES string of the molecule is Cc1cc(C)n(/N=C/c2c(C)nn(Cc3ccc(Cl)cc3)c2Cl)c(=O)c1C#N. The molecule has 2 heterocycles. The average molecular weight is 414 g/mol. The summed E-state index contributed by atoms with van der Waals surface area (Å²) in [6, 6.07) is 11.1. The van der Waals surface area contributed by atoms with E-state index in [4.69, 9.17) is 23.2 Å². The second-order valence-electron chi connectivity index (χ2n) is 6.39. The van der Waals surface area contributed by atoms with Crippen LogP contribution >= 0.6 is 23.2 Å². The van der Waals surface area contributed by atoms with Gasteiger partial charge in [0, 0.05) is 10.7 Å². The maximum absolute atomic E-state index is 12.5. The Morgan fingerprint density at radius 1 is 1.21 bits per heavy atom. The molecule has 0 N–H and O–H groups in total. The number of nitrogens with zero attached hydrogens (tertiary/aromatic N) is 5. The molecule has 0 aliphatic heterocycles. The minimum absolute atomic E-state index is 0.0732. The highest BCUT2D eigenvalue weighted by molar-refractivity contribution is 6.32. The molecule has 2 aromatic heterocycles. The van der Waals surface area contributed by atoms with Gasteiger partial charge in [-0.05, 0) is 50.1 Å². The first-order valence-corrected chi connectivity index (χ1v) is 9.22. The number of hydrogen-bond acceptors (Lipinski definition) is 4. The quantitative estimate of drug-likeness (QED) is 0.604. The van der Waals surface area contributed by atoms with Crippen molar-refractivity contribution in [1.82, 2.24) is 14.5 Å². The van der Waals surface area contributed by atoms with Crippen molar-refractivity contribution in [2.24, 2.45) is 5.10 Å². The van der Waals surface area contributed by atoms with Crippen LogP contribution in [-0.2, 0) is 6.54 Å². The summed E-state index contributed by atoms with van der Waals surface area (Å²) in [4.78, 5) is 12.5. The van der Waals surface area contributed by atoms with E-state index in [1.807, 2.05) is 37.3 Å². The molecule has 0 aliphatic rings. The van der Waals surface area contributed by atoms with Gasteiger partial charge in [0.1, 0.15) is 16.8 Å². The predicted molar refractivity (Wildman–Crippen MR) is 110 cm³/mol. The fourth-order valence-corrected chi connectivity index (χ4v) is 3.27. The number of aromatic nitrogens is 3. The monoisotopic (exact) mass is 413 g/mol. The Labute approximate surface area is 172 Å². The molecule has 6 nitrogen and oxygen atoms in total. The van der Waals surface area contributed by atoms with E-state index in [1.54, 1.807) is 24.6 Å². The fourth-order valence-electron chi connectivity index (χ4n) is 2.86. The molecule has 0 saturated carbocycles. The van der Waals surface area contributed by atoms with Gasteiger partial charge in [-0.15, -0.1) is 0 Å². The van der Waals surface area contributed by atoms with Crippen molar-refractivity contribution in [1.29, 1.82) is 5.26 Å². The van der Waals surface area contributed by atoms with E-state index in [2.05, 4.69) is 10.2 Å². The first-order chi connectivity index (χ1) is 13.3. The van der Waals surface area contributed by atoms with Crippen LogP contribution < -0.4 is 5.56 Å². The molecule has 1 aromatic carbocycles. The molecule has 8 heteroatoms. The lowest BCUT2D eigenvalue weighted by atomic mass is 10.1. The summed E-state index contributed by atoms with van der Waals surface area (Å²) < 4.78 is 2.85. The molecule has 28 heavy (non-hydrogen) atoms. The number of rotatable bonds is 4. The molecular weight excluding hydrogens is 397 g/mol. The van der Waals surface area contributed by atoms with Crippen LogP contribution in [0.5, 0.6) is 0 Å². The number of hydrogen-bond donors (Lipinski definition) is 0. The number of halogens is 2. The molecule has 0 bridgehead atoms. The van der Waals surface area contributed by atoms with Gasteiger partial charge in [0.15, 0.2) is 0 Å². The zero-order valence-corrected chi connectivity index (χ0v) is 17.1. The Kier molecular flexibility index (Phi) is 5.68. The second kappa shape index (κ2) is 8.01. The molecule has 0 spiro atoms. The van der Waals surface area contributed by atoms with Crippen LogP contribution in [0.15, 0.2) is 40.2 Å². The molecular formula is C20H17Cl2N5O. The third-order valence-corrected chi connectivity index (χ3v) is 4.98. The Morgan fingerprint density at radius 2 is 1.89 bits per heavy atom. The zero-order chi connectivity index (χ0) is 20.4. The third kappa shape index (κ3) is 3.86. The van der Waals surface area contributed by atoms with Gasteiger partial charge in [0.25, 0.3) is 5.56 Å². The molecule has 0 atom stereocenters. The van der Waals surface area contributed by atoms with Crippen molar-refractivity contribution in [3.05, 3.63) is 84.5 Å². The molecule has 0 aliphatic carbocycles. The van der Waals surface area contributed by atoms with Gasteiger partial charge >= 0.3 is 0 Å². The minimum atomic E-state index is -0.460. The Hall–Kier alpha value is -2.88. The highest BCUT2D eigenvalue weighted by atomic mass is 35.5. The summed E-state index contributed by atoms with van der Waals surface area (Å²) in [5, 5.41) is 19.0. The summed E-state index contributed by atoms with van der Waals surface area (Å²) in [6.07, 6.45) is 1.49. The first-order valence-electron chi connectivity index (χ1n) is 8.47. The Bertz CT molecular complexity index is 1170. The average Bonchev–Trinajstić information content (AvgIpc) is 2.90. The maximum Gasteiger partial charge on any atom is 0.289 e. The molecule has 0 saturated heterocycles. The fraction of sp³-hybridized carbons (Fsp3) is 0.200. The molecule has 0 fully saturated rings. The summed E-state index contributed by atoms with van der Waals surface area (Å²) in [5.41, 5.74) is 3.16. The van der Waals surface area contributed by atoms with Gasteiger partial charge in [0.05, 0.1) is 24.0 Å². The number of benzene rings is 1. The number of nitriles is 1. The summed E-state index contributed by atoms with van der Waals surface area (Å²) in [5.74, 6) is 0. The first kappa shape index (κ1) is 19.9. The molecule has 0 amide bonds. The van der Waals surface area contributed by atoms with E-state index >= 15 is 0 Å². The third-order valence-electron chi connectivity index (χ3n) is 4.33. The summed E-state index contributed by atoms with van der Waals surface area (Å²) >= 11 is 12.4. The standard InChI is InChI=1S/C20H17Cl2N5O/c1-12-8-13(2)27(20(28)17(12)9-23)24-10-18-14(3)25-26(19(18)22)11-15-4-6-16(21)7-5-15/h4-8,10H,11H2,1-3H3/b24-10+. The highest BCUT2D eigenvalue weighted by Gasteiger charge is 2.13. The molecule has 142 valence electrons. The van der Waals surface area contributed by atoms with Gasteiger partial charge in [-0.1, -0.05) is 35.3 Å². The number of aryl methyl sites for hydroxylation is 3. The van der Waals surface area contributed by atoms with Crippen LogP contribution in [0, 0.1) is 32.1 Å². The summed E-state index contributed by atoms with van der Waals surface area (Å²) in [7, 11) is 0. The predicted octanol–water partition coefficient (Wildman–Crippen LogP) is 4.08. The largest absolute Gasteiger partial charge is 0.289 e. The van der Waals surface area contributed by atoms with Crippen LogP contribution in [0.4, 0.5) is 0 Å². The van der Waals surface area contributed by atoms with Gasteiger partial charge in [0.2, 0.25) is 0 Å². The molecule has 0 unspecified atom stereocenters. The van der Waals surface area contributed by atoms with Gasteiger partial charge in [-0.3, -0.25) is 4.79 Å². The zero-order valence-electron chi connectivity index (χ0n) is 15.6. The van der Waals surface area contributed by atoms with Crippen LogP contribution in [-0.4, -0.2) is 20.7 Å². The van der Waals surface area contributed by atoms with Crippen molar-refractivity contribution in [2.75, 3.05) is 0 Å². The van der Waals surface area contributed by atoms with Crippen molar-refractivity contribution < 1.29 is 0 Å². The molecule has 3 aromatic rings. The van der Waals surface area contributed by atoms with Gasteiger partial charge in [-0.2, -0.15) is 15.5 Å². The van der Waals surface area contributed by atoms with Crippen LogP contribution in [0.3, 0.4) is 0 Å². The lowest BCUT2D eigenvalue weighted by Gasteiger charge is -2.06. The van der Waals surface area contributed by atoms with Crippen molar-refractivity contribution in [3.8, 4) is 6.07 Å². The molecule has 3 rings (SSSR count). The van der Waals surface area contributed by atoms with Crippen LogP contribution in [0.1, 0.15) is 33.6 Å². The Morgan fingerprint density at radius 3 is 2.54 bits per heavy atom. The van der Waals surface area contributed by atoms with Crippen LogP contribution in [0.25, 0.3) is 0 Å². The normalized spacial score (nSPS) is 11.1. The topological polar surface area (TPSA) is 76.0 Å². The van der Waals surface area contributed by atoms with E-state index in [1.165, 1.54) is 10.9 Å². The minimum Gasteiger partial charge on any atom is -0.266 e.